The van der Waals surface area contributed by atoms with E-state index < -0.39 is 0 Å². The molecular formula is C20H26N2O3S. The molecule has 0 bridgehead atoms. The molecule has 1 unspecified atom stereocenters. The Kier molecular flexibility index (Phi) is 5.50. The average Bonchev–Trinajstić information content (AvgIpc) is 3.41. The van der Waals surface area contributed by atoms with Crippen LogP contribution in [0, 0.1) is 5.92 Å². The molecule has 2 heterocycles. The number of hydrogen-bond acceptors (Lipinski definition) is 4. The van der Waals surface area contributed by atoms with Gasteiger partial charge in [0.25, 0.3) is 5.91 Å². The third-order valence-electron chi connectivity index (χ3n) is 5.37. The van der Waals surface area contributed by atoms with Gasteiger partial charge in [0.15, 0.2) is 0 Å². The zero-order valence-corrected chi connectivity index (χ0v) is 15.9. The van der Waals surface area contributed by atoms with Crippen molar-refractivity contribution < 1.29 is 14.3 Å². The molecule has 3 aliphatic rings. The number of hydrogen-bond donors (Lipinski definition) is 0. The Bertz CT molecular complexity index is 663. The van der Waals surface area contributed by atoms with Crippen molar-refractivity contribution in [2.45, 2.75) is 36.7 Å². The largest absolute Gasteiger partial charge is 0.377 e. The van der Waals surface area contributed by atoms with E-state index in [1.807, 2.05) is 34.1 Å². The number of nitrogens with zero attached hydrogens (tertiary/aromatic N) is 2. The monoisotopic (exact) mass is 374 g/mol. The second-order valence-electron chi connectivity index (χ2n) is 7.33. The Labute approximate surface area is 159 Å². The second-order valence-corrected chi connectivity index (χ2v) is 8.40. The maximum atomic E-state index is 13.0. The summed E-state index contributed by atoms with van der Waals surface area (Å²) in [5.74, 6) is 1.52. The van der Waals surface area contributed by atoms with Gasteiger partial charge in [-0.3, -0.25) is 9.59 Å². The minimum atomic E-state index is 0.0824. The molecule has 1 saturated carbocycles. The van der Waals surface area contributed by atoms with Crippen molar-refractivity contribution in [2.24, 2.45) is 5.92 Å². The summed E-state index contributed by atoms with van der Waals surface area (Å²) in [5.41, 5.74) is 0.775. The van der Waals surface area contributed by atoms with Crippen LogP contribution >= 0.6 is 11.8 Å². The van der Waals surface area contributed by atoms with E-state index in [4.69, 9.17) is 4.74 Å². The smallest absolute Gasteiger partial charge is 0.255 e. The molecule has 26 heavy (non-hydrogen) atoms. The molecule has 3 fully saturated rings. The normalized spacial score (nSPS) is 23.3. The first-order valence-electron chi connectivity index (χ1n) is 9.64. The molecule has 0 spiro atoms. The van der Waals surface area contributed by atoms with Gasteiger partial charge in [-0.25, -0.2) is 0 Å². The quantitative estimate of drug-likeness (QED) is 0.744. The molecule has 1 aromatic rings. The fourth-order valence-corrected chi connectivity index (χ4v) is 4.73. The SMILES string of the molecule is O=C(c1ccccc1SCC1CCCO1)N1CCN(C(=O)C2CC2)CC1. The summed E-state index contributed by atoms with van der Waals surface area (Å²) in [6.45, 7) is 3.43. The highest BCUT2D eigenvalue weighted by molar-refractivity contribution is 7.99. The van der Waals surface area contributed by atoms with Crippen molar-refractivity contribution in [3.05, 3.63) is 29.8 Å². The summed E-state index contributed by atoms with van der Waals surface area (Å²) in [4.78, 5) is 30.0. The third-order valence-corrected chi connectivity index (χ3v) is 6.58. The number of ether oxygens (including phenoxy) is 1. The molecule has 5 nitrogen and oxygen atoms in total. The lowest BCUT2D eigenvalue weighted by atomic mass is 10.1. The van der Waals surface area contributed by atoms with E-state index in [1.54, 1.807) is 11.8 Å². The molecule has 1 atom stereocenters. The molecule has 2 amide bonds. The first kappa shape index (κ1) is 17.9. The summed E-state index contributed by atoms with van der Waals surface area (Å²) >= 11 is 1.72. The van der Waals surface area contributed by atoms with Crippen LogP contribution in [0.5, 0.6) is 0 Å². The van der Waals surface area contributed by atoms with Crippen LogP contribution in [0.2, 0.25) is 0 Å². The maximum Gasteiger partial charge on any atom is 0.255 e. The molecule has 1 aliphatic carbocycles. The summed E-state index contributed by atoms with van der Waals surface area (Å²) in [5, 5.41) is 0. The molecule has 0 N–H and O–H groups in total. The molecule has 0 aromatic heterocycles. The number of carbonyl (C=O) groups is 2. The molecule has 0 radical (unpaired) electrons. The highest BCUT2D eigenvalue weighted by Gasteiger charge is 2.35. The standard InChI is InChI=1S/C20H26N2O3S/c23-19(15-7-8-15)21-9-11-22(12-10-21)20(24)17-5-1-2-6-18(17)26-14-16-4-3-13-25-16/h1-2,5-6,15-16H,3-4,7-14H2. The predicted octanol–water partition coefficient (Wildman–Crippen LogP) is 2.65. The van der Waals surface area contributed by atoms with Crippen molar-refractivity contribution in [3.63, 3.8) is 0 Å². The number of piperazine rings is 1. The number of rotatable bonds is 5. The molecule has 2 saturated heterocycles. The second kappa shape index (κ2) is 8.01. The van der Waals surface area contributed by atoms with Crippen LogP contribution in [0.15, 0.2) is 29.2 Å². The summed E-state index contributed by atoms with van der Waals surface area (Å²) in [6.07, 6.45) is 4.62. The predicted molar refractivity (Wildman–Crippen MR) is 101 cm³/mol. The van der Waals surface area contributed by atoms with Crippen molar-refractivity contribution in [1.82, 2.24) is 9.80 Å². The first-order chi connectivity index (χ1) is 12.7. The van der Waals surface area contributed by atoms with Crippen LogP contribution in [0.3, 0.4) is 0 Å². The lowest BCUT2D eigenvalue weighted by molar-refractivity contribution is -0.134. The Balaban J connectivity index is 1.36. The lowest BCUT2D eigenvalue weighted by Crippen LogP contribution is -2.51. The summed E-state index contributed by atoms with van der Waals surface area (Å²) in [7, 11) is 0. The van der Waals surface area contributed by atoms with E-state index in [2.05, 4.69) is 0 Å². The van der Waals surface area contributed by atoms with Crippen LogP contribution < -0.4 is 0 Å². The van der Waals surface area contributed by atoms with Crippen molar-refractivity contribution >= 4 is 23.6 Å². The van der Waals surface area contributed by atoms with Gasteiger partial charge in [-0.2, -0.15) is 0 Å². The van der Waals surface area contributed by atoms with E-state index in [9.17, 15) is 9.59 Å². The topological polar surface area (TPSA) is 49.9 Å². The minimum Gasteiger partial charge on any atom is -0.377 e. The van der Waals surface area contributed by atoms with Gasteiger partial charge in [0.1, 0.15) is 0 Å². The highest BCUT2D eigenvalue weighted by atomic mass is 32.2. The van der Waals surface area contributed by atoms with Crippen LogP contribution in [0.25, 0.3) is 0 Å². The fraction of sp³-hybridized carbons (Fsp3) is 0.600. The van der Waals surface area contributed by atoms with Gasteiger partial charge in [0, 0.05) is 49.4 Å². The molecular weight excluding hydrogens is 348 g/mol. The van der Waals surface area contributed by atoms with Crippen LogP contribution in [-0.2, 0) is 9.53 Å². The Morgan fingerprint density at radius 2 is 1.77 bits per heavy atom. The molecule has 6 heteroatoms. The van der Waals surface area contributed by atoms with E-state index in [1.165, 1.54) is 0 Å². The summed E-state index contributed by atoms with van der Waals surface area (Å²) in [6, 6.07) is 7.86. The van der Waals surface area contributed by atoms with Crippen LogP contribution in [-0.4, -0.2) is 66.3 Å². The van der Waals surface area contributed by atoms with Crippen LogP contribution in [0.1, 0.15) is 36.0 Å². The van der Waals surface area contributed by atoms with Crippen molar-refractivity contribution in [3.8, 4) is 0 Å². The average molecular weight is 375 g/mol. The zero-order chi connectivity index (χ0) is 17.9. The van der Waals surface area contributed by atoms with Crippen molar-refractivity contribution in [2.75, 3.05) is 38.5 Å². The van der Waals surface area contributed by atoms with Gasteiger partial charge >= 0.3 is 0 Å². The minimum absolute atomic E-state index is 0.0824. The number of amides is 2. The maximum absolute atomic E-state index is 13.0. The number of thioether (sulfide) groups is 1. The first-order valence-corrected chi connectivity index (χ1v) is 10.6. The highest BCUT2D eigenvalue weighted by Crippen LogP contribution is 2.31. The lowest BCUT2D eigenvalue weighted by Gasteiger charge is -2.35. The zero-order valence-electron chi connectivity index (χ0n) is 15.1. The van der Waals surface area contributed by atoms with E-state index in [-0.39, 0.29) is 17.7 Å². The number of benzene rings is 1. The van der Waals surface area contributed by atoms with Crippen molar-refractivity contribution in [1.29, 1.82) is 0 Å². The van der Waals surface area contributed by atoms with Gasteiger partial charge in [-0.15, -0.1) is 11.8 Å². The Morgan fingerprint density at radius 1 is 1.04 bits per heavy atom. The van der Waals surface area contributed by atoms with Gasteiger partial charge in [0.05, 0.1) is 11.7 Å². The van der Waals surface area contributed by atoms with E-state index in [0.29, 0.717) is 32.3 Å². The Hall–Kier alpha value is -1.53. The number of carbonyl (C=O) groups excluding carboxylic acids is 2. The van der Waals surface area contributed by atoms with Gasteiger partial charge in [0.2, 0.25) is 5.91 Å². The third kappa shape index (κ3) is 4.07. The molecule has 4 rings (SSSR count). The van der Waals surface area contributed by atoms with Crippen LogP contribution in [0.4, 0.5) is 0 Å². The van der Waals surface area contributed by atoms with Gasteiger partial charge < -0.3 is 14.5 Å². The fourth-order valence-electron chi connectivity index (χ4n) is 3.62. The molecule has 1 aromatic carbocycles. The Morgan fingerprint density at radius 3 is 2.46 bits per heavy atom. The van der Waals surface area contributed by atoms with Gasteiger partial charge in [-0.05, 0) is 37.8 Å². The van der Waals surface area contributed by atoms with E-state index in [0.717, 1.165) is 48.5 Å². The summed E-state index contributed by atoms with van der Waals surface area (Å²) < 4.78 is 5.70. The molecule has 140 valence electrons. The van der Waals surface area contributed by atoms with Gasteiger partial charge in [-0.1, -0.05) is 12.1 Å². The molecule has 2 aliphatic heterocycles. The van der Waals surface area contributed by atoms with E-state index >= 15 is 0 Å².